The minimum Gasteiger partial charge on any atom is -0.402 e. The quantitative estimate of drug-likeness (QED) is 0.484. The van der Waals surface area contributed by atoms with Gasteiger partial charge < -0.3 is 4.74 Å². The maximum Gasteiger partial charge on any atom is 0.363 e. The number of hydrogen-bond acceptors (Lipinski definition) is 4. The molecule has 0 amide bonds. The second-order valence-electron chi connectivity index (χ2n) is 4.73. The average Bonchev–Trinajstić information content (AvgIpc) is 2.88. The number of carbonyl (C=O) groups excluding carboxylic acids is 1. The standard InChI is InChI=1S/C17H11F2NO2S/c1-23-12-5-2-10(3-6-12)8-15-17(21)22-16(20-15)13-7-4-11(18)9-14(13)19/h2-9H,1H3/b15-8+. The van der Waals surface area contributed by atoms with Gasteiger partial charge in [-0.05, 0) is 42.2 Å². The van der Waals surface area contributed by atoms with E-state index in [1.54, 1.807) is 17.8 Å². The molecule has 0 spiro atoms. The molecule has 3 rings (SSSR count). The highest BCUT2D eigenvalue weighted by molar-refractivity contribution is 7.98. The molecule has 0 aromatic heterocycles. The molecule has 2 aromatic rings. The van der Waals surface area contributed by atoms with Crippen molar-refractivity contribution < 1.29 is 18.3 Å². The first-order chi connectivity index (χ1) is 11.1. The van der Waals surface area contributed by atoms with Crippen LogP contribution in [0.4, 0.5) is 8.78 Å². The van der Waals surface area contributed by atoms with E-state index < -0.39 is 17.6 Å². The van der Waals surface area contributed by atoms with E-state index in [1.165, 1.54) is 6.07 Å². The van der Waals surface area contributed by atoms with Gasteiger partial charge in [-0.15, -0.1) is 11.8 Å². The lowest BCUT2D eigenvalue weighted by Crippen LogP contribution is -2.07. The van der Waals surface area contributed by atoms with Crippen LogP contribution in [-0.4, -0.2) is 18.1 Å². The van der Waals surface area contributed by atoms with Crippen molar-refractivity contribution in [3.05, 3.63) is 70.9 Å². The van der Waals surface area contributed by atoms with E-state index in [0.717, 1.165) is 16.5 Å². The van der Waals surface area contributed by atoms with Crippen molar-refractivity contribution in [1.82, 2.24) is 0 Å². The van der Waals surface area contributed by atoms with Gasteiger partial charge in [0.25, 0.3) is 0 Å². The zero-order valence-electron chi connectivity index (χ0n) is 12.0. The SMILES string of the molecule is CSc1ccc(/C=C2/N=C(c3ccc(F)cc3F)OC2=O)cc1. The Morgan fingerprint density at radius 1 is 1.13 bits per heavy atom. The fourth-order valence-electron chi connectivity index (χ4n) is 2.05. The van der Waals surface area contributed by atoms with Crippen molar-refractivity contribution in [2.24, 2.45) is 4.99 Å². The van der Waals surface area contributed by atoms with Crippen LogP contribution in [0, 0.1) is 11.6 Å². The summed E-state index contributed by atoms with van der Waals surface area (Å²) in [7, 11) is 0. The molecule has 0 saturated heterocycles. The Morgan fingerprint density at radius 3 is 2.52 bits per heavy atom. The summed E-state index contributed by atoms with van der Waals surface area (Å²) in [5.41, 5.74) is 0.792. The number of hydrogen-bond donors (Lipinski definition) is 0. The molecule has 0 saturated carbocycles. The van der Waals surface area contributed by atoms with Crippen molar-refractivity contribution in [3.8, 4) is 0 Å². The Kier molecular flexibility index (Phi) is 4.25. The summed E-state index contributed by atoms with van der Waals surface area (Å²) in [6.45, 7) is 0. The predicted octanol–water partition coefficient (Wildman–Crippen LogP) is 4.03. The molecule has 0 atom stereocenters. The van der Waals surface area contributed by atoms with E-state index in [-0.39, 0.29) is 17.2 Å². The number of esters is 1. The van der Waals surface area contributed by atoms with Crippen LogP contribution >= 0.6 is 11.8 Å². The number of nitrogens with zero attached hydrogens (tertiary/aromatic N) is 1. The van der Waals surface area contributed by atoms with Crippen LogP contribution in [0.1, 0.15) is 11.1 Å². The highest BCUT2D eigenvalue weighted by Crippen LogP contribution is 2.22. The van der Waals surface area contributed by atoms with Crippen LogP contribution < -0.4 is 0 Å². The number of halogens is 2. The molecule has 2 aromatic carbocycles. The molecule has 1 aliphatic rings. The van der Waals surface area contributed by atoms with Gasteiger partial charge in [0.1, 0.15) is 11.6 Å². The molecule has 1 aliphatic heterocycles. The van der Waals surface area contributed by atoms with Crippen molar-refractivity contribution in [2.45, 2.75) is 4.90 Å². The number of rotatable bonds is 3. The summed E-state index contributed by atoms with van der Waals surface area (Å²) in [5, 5.41) is 0. The van der Waals surface area contributed by atoms with Gasteiger partial charge in [-0.2, -0.15) is 0 Å². The Labute approximate surface area is 135 Å². The topological polar surface area (TPSA) is 38.7 Å². The highest BCUT2D eigenvalue weighted by Gasteiger charge is 2.26. The number of carbonyl (C=O) groups is 1. The van der Waals surface area contributed by atoms with E-state index in [1.807, 2.05) is 30.5 Å². The lowest BCUT2D eigenvalue weighted by molar-refractivity contribution is -0.129. The Hall–Kier alpha value is -2.47. The molecule has 1 heterocycles. The van der Waals surface area contributed by atoms with E-state index >= 15 is 0 Å². The number of aliphatic imine (C=N–C) groups is 1. The first-order valence-electron chi connectivity index (χ1n) is 6.69. The summed E-state index contributed by atoms with van der Waals surface area (Å²) in [5.74, 6) is -2.37. The van der Waals surface area contributed by atoms with Gasteiger partial charge in [0.2, 0.25) is 5.90 Å². The number of thioether (sulfide) groups is 1. The molecule has 23 heavy (non-hydrogen) atoms. The van der Waals surface area contributed by atoms with Gasteiger partial charge in [0, 0.05) is 11.0 Å². The third-order valence-electron chi connectivity index (χ3n) is 3.20. The summed E-state index contributed by atoms with van der Waals surface area (Å²) >= 11 is 1.61. The minimum atomic E-state index is -0.831. The predicted molar refractivity (Wildman–Crippen MR) is 85.2 cm³/mol. The Bertz CT molecular complexity index is 829. The summed E-state index contributed by atoms with van der Waals surface area (Å²) in [6.07, 6.45) is 3.52. The molecular weight excluding hydrogens is 320 g/mol. The van der Waals surface area contributed by atoms with Crippen LogP contribution in [-0.2, 0) is 9.53 Å². The molecule has 0 unspecified atom stereocenters. The summed E-state index contributed by atoms with van der Waals surface area (Å²) in [6, 6.07) is 10.5. The van der Waals surface area contributed by atoms with Gasteiger partial charge in [-0.1, -0.05) is 12.1 Å². The smallest absolute Gasteiger partial charge is 0.363 e. The monoisotopic (exact) mass is 331 g/mol. The molecule has 116 valence electrons. The van der Waals surface area contributed by atoms with Crippen molar-refractivity contribution in [1.29, 1.82) is 0 Å². The molecule has 6 heteroatoms. The van der Waals surface area contributed by atoms with E-state index in [0.29, 0.717) is 6.07 Å². The lowest BCUT2D eigenvalue weighted by atomic mass is 10.2. The van der Waals surface area contributed by atoms with Crippen LogP contribution in [0.15, 0.2) is 58.0 Å². The highest BCUT2D eigenvalue weighted by atomic mass is 32.2. The Balaban J connectivity index is 1.92. The molecule has 0 N–H and O–H groups in total. The van der Waals surface area contributed by atoms with Gasteiger partial charge >= 0.3 is 5.97 Å². The first kappa shape index (κ1) is 15.4. The van der Waals surface area contributed by atoms with Gasteiger partial charge in [0.05, 0.1) is 5.56 Å². The maximum absolute atomic E-state index is 13.7. The van der Waals surface area contributed by atoms with Crippen LogP contribution in [0.2, 0.25) is 0 Å². The minimum absolute atomic E-state index is 0.0547. The van der Waals surface area contributed by atoms with Crippen LogP contribution in [0.25, 0.3) is 6.08 Å². The van der Waals surface area contributed by atoms with Crippen molar-refractivity contribution >= 4 is 29.7 Å². The molecular formula is C17H11F2NO2S. The second kappa shape index (κ2) is 6.34. The number of benzene rings is 2. The van der Waals surface area contributed by atoms with E-state index in [4.69, 9.17) is 4.74 Å². The van der Waals surface area contributed by atoms with E-state index in [9.17, 15) is 13.6 Å². The van der Waals surface area contributed by atoms with Gasteiger partial charge in [0.15, 0.2) is 5.70 Å². The summed E-state index contributed by atoms with van der Waals surface area (Å²) in [4.78, 5) is 17.0. The zero-order valence-corrected chi connectivity index (χ0v) is 12.9. The molecule has 0 bridgehead atoms. The van der Waals surface area contributed by atoms with E-state index in [2.05, 4.69) is 4.99 Å². The molecule has 0 radical (unpaired) electrons. The molecule has 3 nitrogen and oxygen atoms in total. The lowest BCUT2D eigenvalue weighted by Gasteiger charge is -2.00. The fraction of sp³-hybridized carbons (Fsp3) is 0.0588. The van der Waals surface area contributed by atoms with Crippen LogP contribution in [0.3, 0.4) is 0 Å². The Morgan fingerprint density at radius 2 is 1.87 bits per heavy atom. The fourth-order valence-corrected chi connectivity index (χ4v) is 2.45. The molecule has 0 aliphatic carbocycles. The third kappa shape index (κ3) is 3.32. The first-order valence-corrected chi connectivity index (χ1v) is 7.91. The molecule has 0 fully saturated rings. The second-order valence-corrected chi connectivity index (χ2v) is 5.61. The van der Waals surface area contributed by atoms with Crippen molar-refractivity contribution in [2.75, 3.05) is 6.26 Å². The maximum atomic E-state index is 13.7. The van der Waals surface area contributed by atoms with Gasteiger partial charge in [-0.3, -0.25) is 0 Å². The summed E-state index contributed by atoms with van der Waals surface area (Å²) < 4.78 is 31.6. The largest absolute Gasteiger partial charge is 0.402 e. The normalized spacial score (nSPS) is 15.7. The van der Waals surface area contributed by atoms with Crippen molar-refractivity contribution in [3.63, 3.8) is 0 Å². The third-order valence-corrected chi connectivity index (χ3v) is 3.94. The zero-order chi connectivity index (χ0) is 16.4. The van der Waals surface area contributed by atoms with Crippen LogP contribution in [0.5, 0.6) is 0 Å². The van der Waals surface area contributed by atoms with Gasteiger partial charge in [-0.25, -0.2) is 18.6 Å². The average molecular weight is 331 g/mol. The number of ether oxygens (including phenoxy) is 1. The number of cyclic esters (lactones) is 1.